The molecule has 2 aromatic rings. The Morgan fingerprint density at radius 3 is 2.48 bits per heavy atom. The van der Waals surface area contributed by atoms with Crippen molar-refractivity contribution in [1.82, 2.24) is 4.90 Å². The fourth-order valence-corrected chi connectivity index (χ4v) is 2.71. The van der Waals surface area contributed by atoms with Crippen molar-refractivity contribution in [2.24, 2.45) is 0 Å². The van der Waals surface area contributed by atoms with Crippen molar-refractivity contribution in [1.29, 1.82) is 0 Å². The van der Waals surface area contributed by atoms with Crippen molar-refractivity contribution in [3.05, 3.63) is 35.9 Å². The molecule has 1 fully saturated rings. The standard InChI is InChI=1S/C16H18N2O2.ClH/c1-17-6-8-18(9-7-17)13-3-4-14-12(10-13)2-5-16(20)15(14)11-19;/h2-5,10-11,20H,6-9H2,1H3;1H. The summed E-state index contributed by atoms with van der Waals surface area (Å²) in [4.78, 5) is 15.8. The summed E-state index contributed by atoms with van der Waals surface area (Å²) in [5, 5.41) is 11.5. The zero-order valence-electron chi connectivity index (χ0n) is 12.0. The molecular formula is C16H19ClN2O2. The maximum atomic E-state index is 11.1. The lowest BCUT2D eigenvalue weighted by atomic mass is 10.0. The third-order valence-electron chi connectivity index (χ3n) is 4.01. The lowest BCUT2D eigenvalue weighted by Crippen LogP contribution is -2.44. The lowest BCUT2D eigenvalue weighted by molar-refractivity contribution is 0.112. The molecule has 0 amide bonds. The Labute approximate surface area is 130 Å². The number of phenols is 1. The van der Waals surface area contributed by atoms with E-state index in [2.05, 4.69) is 22.9 Å². The van der Waals surface area contributed by atoms with Gasteiger partial charge in [-0.05, 0) is 36.0 Å². The summed E-state index contributed by atoms with van der Waals surface area (Å²) in [6.45, 7) is 4.15. The van der Waals surface area contributed by atoms with Gasteiger partial charge in [0, 0.05) is 31.9 Å². The molecule has 0 saturated carbocycles. The molecule has 21 heavy (non-hydrogen) atoms. The van der Waals surface area contributed by atoms with Crippen molar-refractivity contribution in [2.45, 2.75) is 0 Å². The third kappa shape index (κ3) is 2.96. The van der Waals surface area contributed by atoms with Gasteiger partial charge in [-0.25, -0.2) is 0 Å². The van der Waals surface area contributed by atoms with Crippen LogP contribution in [0.4, 0.5) is 5.69 Å². The van der Waals surface area contributed by atoms with E-state index in [4.69, 9.17) is 0 Å². The Morgan fingerprint density at radius 1 is 1.10 bits per heavy atom. The molecule has 5 heteroatoms. The van der Waals surface area contributed by atoms with Gasteiger partial charge in [-0.2, -0.15) is 0 Å². The van der Waals surface area contributed by atoms with Gasteiger partial charge in [-0.15, -0.1) is 12.4 Å². The molecule has 1 saturated heterocycles. The molecule has 0 unspecified atom stereocenters. The van der Waals surface area contributed by atoms with Crippen LogP contribution in [0.15, 0.2) is 30.3 Å². The van der Waals surface area contributed by atoms with Crippen LogP contribution >= 0.6 is 12.4 Å². The van der Waals surface area contributed by atoms with Gasteiger partial charge in [0.15, 0.2) is 6.29 Å². The molecule has 0 aromatic heterocycles. The first-order valence-electron chi connectivity index (χ1n) is 6.83. The average molecular weight is 307 g/mol. The number of carbonyl (C=O) groups excluding carboxylic acids is 1. The minimum atomic E-state index is 0. The summed E-state index contributed by atoms with van der Waals surface area (Å²) in [5.41, 5.74) is 1.54. The van der Waals surface area contributed by atoms with E-state index < -0.39 is 0 Å². The summed E-state index contributed by atoms with van der Waals surface area (Å²) < 4.78 is 0. The van der Waals surface area contributed by atoms with Crippen LogP contribution < -0.4 is 4.90 Å². The number of piperazine rings is 1. The highest BCUT2D eigenvalue weighted by atomic mass is 35.5. The van der Waals surface area contributed by atoms with Gasteiger partial charge < -0.3 is 14.9 Å². The molecule has 112 valence electrons. The van der Waals surface area contributed by atoms with Gasteiger partial charge in [0.2, 0.25) is 0 Å². The smallest absolute Gasteiger partial charge is 0.154 e. The number of aromatic hydroxyl groups is 1. The highest BCUT2D eigenvalue weighted by Gasteiger charge is 2.15. The topological polar surface area (TPSA) is 43.8 Å². The molecule has 0 aliphatic carbocycles. The van der Waals surface area contributed by atoms with E-state index >= 15 is 0 Å². The van der Waals surface area contributed by atoms with E-state index in [0.717, 1.165) is 37.0 Å². The number of benzene rings is 2. The molecule has 0 spiro atoms. The number of carbonyl (C=O) groups is 1. The second-order valence-corrected chi connectivity index (χ2v) is 5.31. The number of halogens is 1. The first-order valence-corrected chi connectivity index (χ1v) is 6.83. The van der Waals surface area contributed by atoms with Crippen LogP contribution in [-0.2, 0) is 0 Å². The summed E-state index contributed by atoms with van der Waals surface area (Å²) in [5.74, 6) is 0.0415. The Bertz CT molecular complexity index is 652. The molecular weight excluding hydrogens is 288 g/mol. The van der Waals surface area contributed by atoms with Gasteiger partial charge in [-0.1, -0.05) is 12.1 Å². The highest BCUT2D eigenvalue weighted by Crippen LogP contribution is 2.29. The SMILES string of the molecule is CN1CCN(c2ccc3c(C=O)c(O)ccc3c2)CC1.Cl. The first kappa shape index (κ1) is 15.6. The fourth-order valence-electron chi connectivity index (χ4n) is 2.71. The predicted octanol–water partition coefficient (Wildman–Crippen LogP) is 2.53. The summed E-state index contributed by atoms with van der Waals surface area (Å²) in [6, 6.07) is 9.48. The van der Waals surface area contributed by atoms with Crippen molar-refractivity contribution >= 4 is 35.2 Å². The summed E-state index contributed by atoms with van der Waals surface area (Å²) in [7, 11) is 2.14. The van der Waals surface area contributed by atoms with E-state index in [0.29, 0.717) is 11.8 Å². The number of anilines is 1. The molecule has 0 radical (unpaired) electrons. The molecule has 1 aliphatic rings. The molecule has 1 N–H and O–H groups in total. The zero-order valence-corrected chi connectivity index (χ0v) is 12.8. The van der Waals surface area contributed by atoms with Crippen LogP contribution in [0.3, 0.4) is 0 Å². The minimum Gasteiger partial charge on any atom is -0.507 e. The van der Waals surface area contributed by atoms with Gasteiger partial charge in [-0.3, -0.25) is 4.79 Å². The Hall–Kier alpha value is -1.78. The quantitative estimate of drug-likeness (QED) is 0.866. The Kier molecular flexibility index (Phi) is 4.70. The second-order valence-electron chi connectivity index (χ2n) is 5.31. The molecule has 1 aliphatic heterocycles. The lowest BCUT2D eigenvalue weighted by Gasteiger charge is -2.34. The van der Waals surface area contributed by atoms with Crippen molar-refractivity contribution < 1.29 is 9.90 Å². The number of fused-ring (bicyclic) bond motifs is 1. The molecule has 4 nitrogen and oxygen atoms in total. The van der Waals surface area contributed by atoms with E-state index in [-0.39, 0.29) is 18.2 Å². The average Bonchev–Trinajstić information content (AvgIpc) is 2.47. The normalized spacial score (nSPS) is 15.8. The van der Waals surface area contributed by atoms with Gasteiger partial charge in [0.05, 0.1) is 5.56 Å². The van der Waals surface area contributed by atoms with Crippen molar-refractivity contribution in [2.75, 3.05) is 38.1 Å². The number of phenolic OH excluding ortho intramolecular Hbond substituents is 1. The molecule has 0 bridgehead atoms. The summed E-state index contributed by atoms with van der Waals surface area (Å²) in [6.07, 6.45) is 0.715. The Balaban J connectivity index is 0.00000161. The number of nitrogens with zero attached hydrogens (tertiary/aromatic N) is 2. The Morgan fingerprint density at radius 2 is 1.81 bits per heavy atom. The molecule has 2 aromatic carbocycles. The number of hydrogen-bond donors (Lipinski definition) is 1. The second kappa shape index (κ2) is 6.33. The number of rotatable bonds is 2. The van der Waals surface area contributed by atoms with Gasteiger partial charge in [0.25, 0.3) is 0 Å². The van der Waals surface area contributed by atoms with E-state index in [1.54, 1.807) is 6.07 Å². The van der Waals surface area contributed by atoms with Crippen LogP contribution in [0, 0.1) is 0 Å². The zero-order chi connectivity index (χ0) is 14.1. The largest absolute Gasteiger partial charge is 0.507 e. The van der Waals surface area contributed by atoms with Crippen LogP contribution in [0.2, 0.25) is 0 Å². The third-order valence-corrected chi connectivity index (χ3v) is 4.01. The maximum Gasteiger partial charge on any atom is 0.154 e. The van der Waals surface area contributed by atoms with Crippen LogP contribution in [-0.4, -0.2) is 49.5 Å². The molecule has 3 rings (SSSR count). The van der Waals surface area contributed by atoms with Crippen LogP contribution in [0.5, 0.6) is 5.75 Å². The number of hydrogen-bond acceptors (Lipinski definition) is 4. The van der Waals surface area contributed by atoms with Crippen LogP contribution in [0.1, 0.15) is 10.4 Å². The molecule has 1 heterocycles. The first-order chi connectivity index (χ1) is 9.69. The fraction of sp³-hybridized carbons (Fsp3) is 0.312. The van der Waals surface area contributed by atoms with E-state index in [1.165, 1.54) is 5.69 Å². The van der Waals surface area contributed by atoms with E-state index in [9.17, 15) is 9.90 Å². The predicted molar refractivity (Wildman–Crippen MR) is 88.0 cm³/mol. The van der Waals surface area contributed by atoms with Gasteiger partial charge >= 0.3 is 0 Å². The maximum absolute atomic E-state index is 11.1. The molecule has 0 atom stereocenters. The van der Waals surface area contributed by atoms with Crippen molar-refractivity contribution in [3.63, 3.8) is 0 Å². The highest BCUT2D eigenvalue weighted by molar-refractivity contribution is 6.01. The van der Waals surface area contributed by atoms with Crippen molar-refractivity contribution in [3.8, 4) is 5.75 Å². The van der Waals surface area contributed by atoms with E-state index in [1.807, 2.05) is 18.2 Å². The van der Waals surface area contributed by atoms with Crippen LogP contribution in [0.25, 0.3) is 10.8 Å². The summed E-state index contributed by atoms with van der Waals surface area (Å²) >= 11 is 0. The minimum absolute atomic E-state index is 0. The number of aldehydes is 1. The number of likely N-dealkylation sites (N-methyl/N-ethyl adjacent to an activating group) is 1. The monoisotopic (exact) mass is 306 g/mol. The van der Waals surface area contributed by atoms with Gasteiger partial charge in [0.1, 0.15) is 5.75 Å².